The van der Waals surface area contributed by atoms with Crippen LogP contribution in [0.5, 0.6) is 5.75 Å². The van der Waals surface area contributed by atoms with Crippen molar-refractivity contribution in [1.82, 2.24) is 14.8 Å². The monoisotopic (exact) mass is 457 g/mol. The van der Waals surface area contributed by atoms with E-state index < -0.39 is 0 Å². The fraction of sp³-hybridized carbons (Fsp3) is 0.318. The number of carbonyl (C=O) groups is 1. The Balaban J connectivity index is 1.27. The summed E-state index contributed by atoms with van der Waals surface area (Å²) in [5, 5.41) is 12.5. The second-order valence-corrected chi connectivity index (χ2v) is 8.60. The van der Waals surface area contributed by atoms with Crippen LogP contribution in [0.4, 0.5) is 11.4 Å². The van der Waals surface area contributed by atoms with Crippen LogP contribution in [-0.2, 0) is 18.4 Å². The van der Waals surface area contributed by atoms with Gasteiger partial charge in [0.25, 0.3) is 0 Å². The molecule has 1 aliphatic heterocycles. The molecular formula is C22H24ClN5O2S. The number of anilines is 2. The molecule has 1 N–H and O–H groups in total. The average Bonchev–Trinajstić information content (AvgIpc) is 3.43. The maximum Gasteiger partial charge on any atom is 0.234 e. The summed E-state index contributed by atoms with van der Waals surface area (Å²) in [5.74, 6) is 1.40. The fourth-order valence-corrected chi connectivity index (χ4v) is 4.28. The summed E-state index contributed by atoms with van der Waals surface area (Å²) in [5.41, 5.74) is 2.00. The quantitative estimate of drug-likeness (QED) is 0.506. The van der Waals surface area contributed by atoms with Gasteiger partial charge in [0, 0.05) is 31.5 Å². The first-order valence-electron chi connectivity index (χ1n) is 10.1. The SMILES string of the molecule is Cn1c(COc2ccccc2Cl)nnc1SCC(=O)Nc1ccc(N2CCCC2)cc1. The van der Waals surface area contributed by atoms with Gasteiger partial charge < -0.3 is 19.5 Å². The molecule has 2 heterocycles. The average molecular weight is 458 g/mol. The molecule has 0 atom stereocenters. The van der Waals surface area contributed by atoms with E-state index in [2.05, 4.69) is 32.5 Å². The van der Waals surface area contributed by atoms with Crippen LogP contribution in [0.3, 0.4) is 0 Å². The number of halogens is 1. The number of aromatic nitrogens is 3. The van der Waals surface area contributed by atoms with E-state index in [1.807, 2.05) is 35.9 Å². The Bertz CT molecular complexity index is 1030. The van der Waals surface area contributed by atoms with E-state index in [0.29, 0.717) is 21.8 Å². The number of hydrogen-bond acceptors (Lipinski definition) is 6. The standard InChI is InChI=1S/C22H24ClN5O2S/c1-27-20(14-30-19-7-3-2-6-18(19)23)25-26-22(27)31-15-21(29)24-16-8-10-17(11-9-16)28-12-4-5-13-28/h2-3,6-11H,4-5,12-15H2,1H3,(H,24,29). The number of nitrogens with zero attached hydrogens (tertiary/aromatic N) is 4. The van der Waals surface area contributed by atoms with Crippen LogP contribution in [0.2, 0.25) is 5.02 Å². The van der Waals surface area contributed by atoms with Gasteiger partial charge in [-0.05, 0) is 49.2 Å². The van der Waals surface area contributed by atoms with Crippen molar-refractivity contribution in [2.45, 2.75) is 24.6 Å². The molecule has 4 rings (SSSR count). The van der Waals surface area contributed by atoms with Gasteiger partial charge >= 0.3 is 0 Å². The summed E-state index contributed by atoms with van der Waals surface area (Å²) in [6.07, 6.45) is 2.48. The molecule has 1 fully saturated rings. The first-order chi connectivity index (χ1) is 15.1. The Morgan fingerprint density at radius 2 is 1.87 bits per heavy atom. The molecule has 162 valence electrons. The first-order valence-corrected chi connectivity index (χ1v) is 11.5. The van der Waals surface area contributed by atoms with Crippen molar-refractivity contribution in [3.8, 4) is 5.75 Å². The van der Waals surface area contributed by atoms with Gasteiger partial charge in [-0.25, -0.2) is 0 Å². The van der Waals surface area contributed by atoms with Crippen LogP contribution in [-0.4, -0.2) is 39.5 Å². The Morgan fingerprint density at radius 3 is 2.61 bits per heavy atom. The topological polar surface area (TPSA) is 72.3 Å². The smallest absolute Gasteiger partial charge is 0.234 e. The highest BCUT2D eigenvalue weighted by Gasteiger charge is 2.14. The third kappa shape index (κ3) is 5.51. The minimum Gasteiger partial charge on any atom is -0.484 e. The third-order valence-corrected chi connectivity index (χ3v) is 6.41. The number of amides is 1. The maximum absolute atomic E-state index is 12.4. The summed E-state index contributed by atoms with van der Waals surface area (Å²) >= 11 is 7.44. The zero-order valence-corrected chi connectivity index (χ0v) is 18.8. The first kappa shape index (κ1) is 21.5. The molecular weight excluding hydrogens is 434 g/mol. The van der Waals surface area contributed by atoms with Crippen molar-refractivity contribution in [2.24, 2.45) is 7.05 Å². The third-order valence-electron chi connectivity index (χ3n) is 5.07. The molecule has 0 bridgehead atoms. The van der Waals surface area contributed by atoms with Crippen LogP contribution in [0.1, 0.15) is 18.7 Å². The van der Waals surface area contributed by atoms with Crippen molar-refractivity contribution in [3.63, 3.8) is 0 Å². The van der Waals surface area contributed by atoms with Crippen LogP contribution in [0, 0.1) is 0 Å². The van der Waals surface area contributed by atoms with Crippen molar-refractivity contribution >= 4 is 40.6 Å². The molecule has 0 spiro atoms. The lowest BCUT2D eigenvalue weighted by Gasteiger charge is -2.17. The number of nitrogens with one attached hydrogen (secondary N) is 1. The van der Waals surface area contributed by atoms with Crippen molar-refractivity contribution in [1.29, 1.82) is 0 Å². The molecule has 1 aromatic heterocycles. The van der Waals surface area contributed by atoms with E-state index in [4.69, 9.17) is 16.3 Å². The Labute approximate surface area is 190 Å². The van der Waals surface area contributed by atoms with Gasteiger partial charge in [0.15, 0.2) is 11.0 Å². The van der Waals surface area contributed by atoms with Crippen molar-refractivity contribution in [3.05, 3.63) is 59.4 Å². The van der Waals surface area contributed by atoms with Gasteiger partial charge in [-0.3, -0.25) is 4.79 Å². The predicted molar refractivity (Wildman–Crippen MR) is 124 cm³/mol. The van der Waals surface area contributed by atoms with Gasteiger partial charge in [-0.1, -0.05) is 35.5 Å². The van der Waals surface area contributed by atoms with Gasteiger partial charge in [0.1, 0.15) is 12.4 Å². The molecule has 0 aliphatic carbocycles. The molecule has 1 amide bonds. The molecule has 3 aromatic rings. The highest BCUT2D eigenvalue weighted by atomic mass is 35.5. The van der Waals surface area contributed by atoms with E-state index in [-0.39, 0.29) is 18.3 Å². The zero-order chi connectivity index (χ0) is 21.6. The van der Waals surface area contributed by atoms with Crippen molar-refractivity contribution < 1.29 is 9.53 Å². The largest absolute Gasteiger partial charge is 0.484 e. The number of benzene rings is 2. The minimum absolute atomic E-state index is 0.0872. The van der Waals surface area contributed by atoms with E-state index >= 15 is 0 Å². The number of hydrogen-bond donors (Lipinski definition) is 1. The fourth-order valence-electron chi connectivity index (χ4n) is 3.36. The van der Waals surface area contributed by atoms with Crippen LogP contribution in [0.15, 0.2) is 53.7 Å². The molecule has 1 saturated heterocycles. The zero-order valence-electron chi connectivity index (χ0n) is 17.3. The molecule has 7 nitrogen and oxygen atoms in total. The van der Waals surface area contributed by atoms with Crippen LogP contribution < -0.4 is 15.0 Å². The van der Waals surface area contributed by atoms with Gasteiger partial charge in [0.2, 0.25) is 5.91 Å². The van der Waals surface area contributed by atoms with E-state index in [1.54, 1.807) is 12.1 Å². The highest BCUT2D eigenvalue weighted by molar-refractivity contribution is 7.99. The second-order valence-electron chi connectivity index (χ2n) is 7.25. The normalized spacial score (nSPS) is 13.4. The molecule has 9 heteroatoms. The summed E-state index contributed by atoms with van der Waals surface area (Å²) in [6.45, 7) is 2.44. The van der Waals surface area contributed by atoms with Gasteiger partial charge in [-0.15, -0.1) is 10.2 Å². The lowest BCUT2D eigenvalue weighted by atomic mass is 10.2. The molecule has 2 aromatic carbocycles. The van der Waals surface area contributed by atoms with Crippen LogP contribution in [0.25, 0.3) is 0 Å². The number of para-hydroxylation sites is 1. The minimum atomic E-state index is -0.0872. The predicted octanol–water partition coefficient (Wildman–Crippen LogP) is 4.38. The lowest BCUT2D eigenvalue weighted by Crippen LogP contribution is -2.18. The van der Waals surface area contributed by atoms with E-state index in [1.165, 1.54) is 30.3 Å². The van der Waals surface area contributed by atoms with Gasteiger partial charge in [-0.2, -0.15) is 0 Å². The number of thioether (sulfide) groups is 1. The van der Waals surface area contributed by atoms with Crippen LogP contribution >= 0.6 is 23.4 Å². The summed E-state index contributed by atoms with van der Waals surface area (Å²) in [7, 11) is 1.85. The molecule has 31 heavy (non-hydrogen) atoms. The molecule has 0 unspecified atom stereocenters. The molecule has 0 saturated carbocycles. The molecule has 0 radical (unpaired) electrons. The van der Waals surface area contributed by atoms with E-state index in [9.17, 15) is 4.79 Å². The lowest BCUT2D eigenvalue weighted by molar-refractivity contribution is -0.113. The maximum atomic E-state index is 12.4. The number of ether oxygens (including phenoxy) is 1. The Hall–Kier alpha value is -2.71. The van der Waals surface area contributed by atoms with Gasteiger partial charge in [0.05, 0.1) is 10.8 Å². The summed E-state index contributed by atoms with van der Waals surface area (Å²) in [4.78, 5) is 14.7. The summed E-state index contributed by atoms with van der Waals surface area (Å²) < 4.78 is 7.54. The number of rotatable bonds is 8. The number of carbonyl (C=O) groups excluding carboxylic acids is 1. The second kappa shape index (κ2) is 10.1. The Morgan fingerprint density at radius 1 is 1.13 bits per heavy atom. The Kier molecular flexibility index (Phi) is 6.99. The summed E-state index contributed by atoms with van der Waals surface area (Å²) in [6, 6.07) is 15.3. The molecule has 1 aliphatic rings. The highest BCUT2D eigenvalue weighted by Crippen LogP contribution is 2.25. The van der Waals surface area contributed by atoms with E-state index in [0.717, 1.165) is 18.8 Å². The van der Waals surface area contributed by atoms with Crippen molar-refractivity contribution in [2.75, 3.05) is 29.1 Å².